The van der Waals surface area contributed by atoms with Gasteiger partial charge < -0.3 is 9.47 Å². The zero-order valence-electron chi connectivity index (χ0n) is 13.1. The average molecular weight is 338 g/mol. The van der Waals surface area contributed by atoms with Gasteiger partial charge in [0.1, 0.15) is 11.9 Å². The Bertz CT molecular complexity index is 652. The molecule has 0 aromatic carbocycles. The smallest absolute Gasteiger partial charge is 0.216 e. The van der Waals surface area contributed by atoms with E-state index in [1.54, 1.807) is 16.7 Å². The monoisotopic (exact) mass is 338 g/mol. The van der Waals surface area contributed by atoms with E-state index in [0.29, 0.717) is 19.7 Å². The first-order valence-corrected chi connectivity index (χ1v) is 9.77. The van der Waals surface area contributed by atoms with Gasteiger partial charge in [0.2, 0.25) is 10.0 Å². The van der Waals surface area contributed by atoms with Crippen molar-refractivity contribution in [3.05, 3.63) is 24.5 Å². The molecule has 0 radical (unpaired) electrons. The van der Waals surface area contributed by atoms with Gasteiger partial charge in [-0.2, -0.15) is 0 Å². The minimum absolute atomic E-state index is 0.0192. The minimum atomic E-state index is -3.06. The first-order chi connectivity index (χ1) is 11.1. The molecule has 1 aromatic rings. The van der Waals surface area contributed by atoms with E-state index in [0.717, 1.165) is 37.9 Å². The molecular formula is C16H22N2O4S. The maximum atomic E-state index is 12.3. The SMILES string of the molecule is O=S(=O)(C1CC1)N1CCC2(CC1)C[C@@H](Oc1cccnc1)CO2. The number of ether oxygens (including phenoxy) is 2. The van der Waals surface area contributed by atoms with Crippen molar-refractivity contribution in [2.45, 2.75) is 49.1 Å². The molecule has 0 N–H and O–H groups in total. The van der Waals surface area contributed by atoms with E-state index in [9.17, 15) is 8.42 Å². The molecule has 1 saturated carbocycles. The molecule has 1 aromatic heterocycles. The molecule has 3 heterocycles. The van der Waals surface area contributed by atoms with Gasteiger partial charge in [-0.1, -0.05) is 0 Å². The molecule has 3 aliphatic rings. The first-order valence-electron chi connectivity index (χ1n) is 8.27. The molecule has 23 heavy (non-hydrogen) atoms. The van der Waals surface area contributed by atoms with Crippen LogP contribution in [0.4, 0.5) is 0 Å². The lowest BCUT2D eigenvalue weighted by Crippen LogP contribution is -2.47. The molecule has 6 nitrogen and oxygen atoms in total. The summed E-state index contributed by atoms with van der Waals surface area (Å²) in [4.78, 5) is 4.05. The quantitative estimate of drug-likeness (QED) is 0.834. The number of piperidine rings is 1. The van der Waals surface area contributed by atoms with Crippen LogP contribution in [-0.2, 0) is 14.8 Å². The minimum Gasteiger partial charge on any atom is -0.486 e. The molecule has 1 atom stereocenters. The molecule has 2 aliphatic heterocycles. The van der Waals surface area contributed by atoms with Crippen molar-refractivity contribution in [1.82, 2.24) is 9.29 Å². The molecule has 0 unspecified atom stereocenters. The Kier molecular flexibility index (Phi) is 3.82. The largest absolute Gasteiger partial charge is 0.486 e. The Balaban J connectivity index is 1.35. The maximum absolute atomic E-state index is 12.3. The normalized spacial score (nSPS) is 28.1. The van der Waals surface area contributed by atoms with Crippen LogP contribution in [0.5, 0.6) is 5.75 Å². The van der Waals surface area contributed by atoms with Crippen LogP contribution in [0.2, 0.25) is 0 Å². The Morgan fingerprint density at radius 1 is 1.30 bits per heavy atom. The number of rotatable bonds is 4. The van der Waals surface area contributed by atoms with Crippen molar-refractivity contribution in [2.75, 3.05) is 19.7 Å². The summed E-state index contributed by atoms with van der Waals surface area (Å²) in [5.74, 6) is 0.756. The number of sulfonamides is 1. The summed E-state index contributed by atoms with van der Waals surface area (Å²) in [5, 5.41) is -0.122. The van der Waals surface area contributed by atoms with Gasteiger partial charge in [-0.05, 0) is 37.8 Å². The van der Waals surface area contributed by atoms with Crippen LogP contribution in [0.3, 0.4) is 0 Å². The highest BCUT2D eigenvalue weighted by atomic mass is 32.2. The predicted molar refractivity (Wildman–Crippen MR) is 84.7 cm³/mol. The molecule has 1 spiro atoms. The van der Waals surface area contributed by atoms with Gasteiger partial charge in [0.25, 0.3) is 0 Å². The maximum Gasteiger partial charge on any atom is 0.216 e. The zero-order valence-corrected chi connectivity index (χ0v) is 13.9. The number of aromatic nitrogens is 1. The number of hydrogen-bond acceptors (Lipinski definition) is 5. The summed E-state index contributed by atoms with van der Waals surface area (Å²) in [6, 6.07) is 3.74. The average Bonchev–Trinajstić information content (AvgIpc) is 3.35. The fourth-order valence-corrected chi connectivity index (χ4v) is 5.41. The van der Waals surface area contributed by atoms with E-state index >= 15 is 0 Å². The van der Waals surface area contributed by atoms with E-state index < -0.39 is 10.0 Å². The lowest BCUT2D eigenvalue weighted by atomic mass is 9.89. The van der Waals surface area contributed by atoms with Crippen LogP contribution in [0.25, 0.3) is 0 Å². The van der Waals surface area contributed by atoms with Crippen LogP contribution in [0.15, 0.2) is 24.5 Å². The topological polar surface area (TPSA) is 68.7 Å². The van der Waals surface area contributed by atoms with Gasteiger partial charge in [-0.3, -0.25) is 4.98 Å². The number of pyridine rings is 1. The van der Waals surface area contributed by atoms with Crippen molar-refractivity contribution in [3.63, 3.8) is 0 Å². The molecule has 1 aliphatic carbocycles. The third kappa shape index (κ3) is 3.09. The van der Waals surface area contributed by atoms with Crippen molar-refractivity contribution >= 4 is 10.0 Å². The third-order valence-corrected chi connectivity index (χ3v) is 7.45. The Labute approximate surface area is 136 Å². The Hall–Kier alpha value is -1.18. The summed E-state index contributed by atoms with van der Waals surface area (Å²) in [6.45, 7) is 1.70. The second kappa shape index (κ2) is 5.72. The predicted octanol–water partition coefficient (Wildman–Crippen LogP) is 1.58. The third-order valence-electron chi connectivity index (χ3n) is 5.05. The summed E-state index contributed by atoms with van der Waals surface area (Å²) in [5.41, 5.74) is -0.220. The van der Waals surface area contributed by atoms with Crippen LogP contribution < -0.4 is 4.74 Å². The lowest BCUT2D eigenvalue weighted by Gasteiger charge is -2.37. The van der Waals surface area contributed by atoms with Crippen LogP contribution in [0.1, 0.15) is 32.1 Å². The number of nitrogens with zero attached hydrogens (tertiary/aromatic N) is 2. The van der Waals surface area contributed by atoms with E-state index in [4.69, 9.17) is 9.47 Å². The molecular weight excluding hydrogens is 316 g/mol. The fourth-order valence-electron chi connectivity index (χ4n) is 3.56. The van der Waals surface area contributed by atoms with Crippen LogP contribution in [-0.4, -0.2) is 54.4 Å². The second-order valence-electron chi connectivity index (χ2n) is 6.77. The standard InChI is InChI=1S/C16H22N2O4S/c19-23(20,15-3-4-15)18-8-5-16(6-9-18)10-14(12-21-16)22-13-2-1-7-17-11-13/h1-2,7,11,14-15H,3-6,8-10,12H2/t14-/m1/s1. The van der Waals surface area contributed by atoms with Gasteiger partial charge in [0, 0.05) is 25.7 Å². The molecule has 7 heteroatoms. The molecule has 0 amide bonds. The molecule has 3 fully saturated rings. The van der Waals surface area contributed by atoms with Crippen molar-refractivity contribution < 1.29 is 17.9 Å². The van der Waals surface area contributed by atoms with E-state index in [1.807, 2.05) is 12.1 Å². The van der Waals surface area contributed by atoms with Crippen molar-refractivity contribution in [3.8, 4) is 5.75 Å². The highest BCUT2D eigenvalue weighted by molar-refractivity contribution is 7.90. The van der Waals surface area contributed by atoms with Crippen molar-refractivity contribution in [1.29, 1.82) is 0 Å². The molecule has 0 bridgehead atoms. The van der Waals surface area contributed by atoms with Crippen LogP contribution in [0, 0.1) is 0 Å². The molecule has 2 saturated heterocycles. The van der Waals surface area contributed by atoms with Gasteiger partial charge >= 0.3 is 0 Å². The summed E-state index contributed by atoms with van der Waals surface area (Å²) in [6.07, 6.45) is 7.41. The zero-order chi connectivity index (χ0) is 15.9. The molecule has 4 rings (SSSR count). The highest BCUT2D eigenvalue weighted by Gasteiger charge is 2.48. The van der Waals surface area contributed by atoms with E-state index in [1.165, 1.54) is 0 Å². The van der Waals surface area contributed by atoms with Gasteiger partial charge in [-0.25, -0.2) is 12.7 Å². The fraction of sp³-hybridized carbons (Fsp3) is 0.688. The second-order valence-corrected chi connectivity index (χ2v) is 8.98. The number of hydrogen-bond donors (Lipinski definition) is 0. The highest BCUT2D eigenvalue weighted by Crippen LogP contribution is 2.40. The van der Waals surface area contributed by atoms with Crippen LogP contribution >= 0.6 is 0 Å². The van der Waals surface area contributed by atoms with Gasteiger partial charge in [0.15, 0.2) is 0 Å². The van der Waals surface area contributed by atoms with Crippen molar-refractivity contribution in [2.24, 2.45) is 0 Å². The first kappa shape index (κ1) is 15.4. The van der Waals surface area contributed by atoms with E-state index in [2.05, 4.69) is 4.98 Å². The van der Waals surface area contributed by atoms with E-state index in [-0.39, 0.29) is 17.0 Å². The lowest BCUT2D eigenvalue weighted by molar-refractivity contribution is -0.0320. The summed E-state index contributed by atoms with van der Waals surface area (Å²) in [7, 11) is -3.06. The summed E-state index contributed by atoms with van der Waals surface area (Å²) < 4.78 is 38.2. The Morgan fingerprint density at radius 2 is 2.09 bits per heavy atom. The molecule has 126 valence electrons. The van der Waals surface area contributed by atoms with Gasteiger partial charge in [0.05, 0.1) is 23.7 Å². The van der Waals surface area contributed by atoms with Gasteiger partial charge in [-0.15, -0.1) is 0 Å². The Morgan fingerprint density at radius 3 is 2.74 bits per heavy atom. The summed E-state index contributed by atoms with van der Waals surface area (Å²) >= 11 is 0.